The molecule has 1 amide bonds. The van der Waals surface area contributed by atoms with Crippen LogP contribution in [0.15, 0.2) is 42.7 Å². The average Bonchev–Trinajstić information content (AvgIpc) is 2.65. The lowest BCUT2D eigenvalue weighted by atomic mass is 10.3. The Kier molecular flexibility index (Phi) is 6.60. The van der Waals surface area contributed by atoms with Gasteiger partial charge in [-0.05, 0) is 19.1 Å². The van der Waals surface area contributed by atoms with Gasteiger partial charge < -0.3 is 15.2 Å². The third-order valence-corrected chi connectivity index (χ3v) is 3.21. The minimum absolute atomic E-state index is 0.101. The van der Waals surface area contributed by atoms with Gasteiger partial charge in [0.05, 0.1) is 6.61 Å². The molecule has 0 unspecified atom stereocenters. The number of amides is 1. The van der Waals surface area contributed by atoms with Crippen LogP contribution in [0.25, 0.3) is 0 Å². The van der Waals surface area contributed by atoms with Crippen LogP contribution in [0.5, 0.6) is 0 Å². The van der Waals surface area contributed by atoms with Crippen molar-refractivity contribution in [1.82, 2.24) is 9.97 Å². The predicted octanol–water partition coefficient (Wildman–Crippen LogP) is 0.812. The highest BCUT2D eigenvalue weighted by molar-refractivity contribution is 6.00. The molecule has 9 heteroatoms. The Morgan fingerprint density at radius 1 is 1.08 bits per heavy atom. The van der Waals surface area contributed by atoms with E-state index in [1.165, 1.54) is 17.3 Å². The van der Waals surface area contributed by atoms with E-state index in [9.17, 15) is 14.4 Å². The summed E-state index contributed by atoms with van der Waals surface area (Å²) in [5.41, 5.74) is 5.84. The molecule has 136 valence electrons. The van der Waals surface area contributed by atoms with Crippen molar-refractivity contribution in [3.63, 3.8) is 0 Å². The Morgan fingerprint density at radius 3 is 2.42 bits per heavy atom. The molecule has 2 rings (SSSR count). The normalized spacial score (nSPS) is 10.0. The summed E-state index contributed by atoms with van der Waals surface area (Å²) in [6, 6.07) is 8.51. The van der Waals surface area contributed by atoms with Crippen molar-refractivity contribution in [2.45, 2.75) is 6.92 Å². The number of hydrogen-bond acceptors (Lipinski definition) is 8. The van der Waals surface area contributed by atoms with Crippen LogP contribution in [0.2, 0.25) is 0 Å². The molecule has 0 saturated heterocycles. The van der Waals surface area contributed by atoms with Crippen LogP contribution in [0, 0.1) is 0 Å². The predicted molar refractivity (Wildman–Crippen MR) is 92.2 cm³/mol. The van der Waals surface area contributed by atoms with Crippen molar-refractivity contribution in [3.05, 3.63) is 48.4 Å². The summed E-state index contributed by atoms with van der Waals surface area (Å²) >= 11 is 0. The number of carbonyl (C=O) groups excluding carboxylic acids is 3. The number of anilines is 2. The second-order valence-corrected chi connectivity index (χ2v) is 4.99. The summed E-state index contributed by atoms with van der Waals surface area (Å²) in [5, 5.41) is 0. The third-order valence-electron chi connectivity index (χ3n) is 3.21. The summed E-state index contributed by atoms with van der Waals surface area (Å²) in [6.45, 7) is 0.959. The molecule has 2 N–H and O–H groups in total. The van der Waals surface area contributed by atoms with E-state index in [1.54, 1.807) is 37.3 Å². The Morgan fingerprint density at radius 2 is 1.77 bits per heavy atom. The number of rotatable bonds is 7. The molecule has 0 fully saturated rings. The van der Waals surface area contributed by atoms with Gasteiger partial charge in [-0.1, -0.05) is 18.2 Å². The van der Waals surface area contributed by atoms with Gasteiger partial charge in [0, 0.05) is 18.1 Å². The number of nitrogens with two attached hydrogens (primary N) is 1. The lowest BCUT2D eigenvalue weighted by Gasteiger charge is -2.21. The molecule has 2 aromatic rings. The fourth-order valence-corrected chi connectivity index (χ4v) is 2.05. The Balaban J connectivity index is 2.07. The number of ether oxygens (including phenoxy) is 2. The van der Waals surface area contributed by atoms with Crippen molar-refractivity contribution in [2.24, 2.45) is 0 Å². The van der Waals surface area contributed by atoms with Crippen molar-refractivity contribution in [3.8, 4) is 0 Å². The van der Waals surface area contributed by atoms with E-state index in [4.69, 9.17) is 15.2 Å². The van der Waals surface area contributed by atoms with Crippen LogP contribution in [0.3, 0.4) is 0 Å². The first kappa shape index (κ1) is 18.8. The minimum atomic E-state index is -0.881. The summed E-state index contributed by atoms with van der Waals surface area (Å²) in [7, 11) is 0. The topological polar surface area (TPSA) is 125 Å². The molecule has 1 aromatic carbocycles. The molecule has 0 bridgehead atoms. The van der Waals surface area contributed by atoms with Crippen LogP contribution in [-0.4, -0.2) is 47.6 Å². The number of aromatic nitrogens is 2. The molecular formula is C17H18N4O5. The van der Waals surface area contributed by atoms with Crippen molar-refractivity contribution < 1.29 is 23.9 Å². The van der Waals surface area contributed by atoms with Crippen LogP contribution >= 0.6 is 0 Å². The first-order chi connectivity index (χ1) is 12.5. The number of nitrogens with zero attached hydrogens (tertiary/aromatic N) is 3. The number of hydrogen-bond donors (Lipinski definition) is 1. The monoisotopic (exact) mass is 358 g/mol. The Bertz CT molecular complexity index is 782. The molecule has 0 saturated carbocycles. The highest BCUT2D eigenvalue weighted by Crippen LogP contribution is 2.14. The van der Waals surface area contributed by atoms with Gasteiger partial charge in [-0.25, -0.2) is 14.8 Å². The lowest BCUT2D eigenvalue weighted by molar-refractivity contribution is -0.142. The highest BCUT2D eigenvalue weighted by Gasteiger charge is 2.22. The third kappa shape index (κ3) is 5.00. The van der Waals surface area contributed by atoms with E-state index >= 15 is 0 Å². The standard InChI is InChI=1S/C17H18N4O5/c1-2-25-14(23)10-21(12-6-4-3-5-7-12)13(22)11-26-17(24)15-16(18)20-9-8-19-15/h3-9H,2,10-11H2,1H3,(H2,18,20). The molecule has 9 nitrogen and oxygen atoms in total. The summed E-state index contributed by atoms with van der Waals surface area (Å²) in [4.78, 5) is 44.9. The van der Waals surface area contributed by atoms with Gasteiger partial charge in [0.25, 0.3) is 5.91 Å². The molecule has 26 heavy (non-hydrogen) atoms. The number of carbonyl (C=O) groups is 3. The van der Waals surface area contributed by atoms with Crippen LogP contribution in [0.1, 0.15) is 17.4 Å². The van der Waals surface area contributed by atoms with Crippen molar-refractivity contribution >= 4 is 29.4 Å². The SMILES string of the molecule is CCOC(=O)CN(C(=O)COC(=O)c1nccnc1N)c1ccccc1. The van der Waals surface area contributed by atoms with Gasteiger partial charge in [-0.2, -0.15) is 0 Å². The van der Waals surface area contributed by atoms with Gasteiger partial charge in [0.2, 0.25) is 0 Å². The van der Waals surface area contributed by atoms with E-state index in [0.29, 0.717) is 5.69 Å². The maximum Gasteiger partial charge on any atom is 0.361 e. The number of nitrogen functional groups attached to an aromatic ring is 1. The molecule has 0 radical (unpaired) electrons. The Hall–Kier alpha value is -3.49. The second-order valence-electron chi connectivity index (χ2n) is 4.99. The zero-order chi connectivity index (χ0) is 18.9. The maximum atomic E-state index is 12.5. The summed E-state index contributed by atoms with van der Waals surface area (Å²) < 4.78 is 9.83. The molecule has 0 aliphatic heterocycles. The first-order valence-electron chi connectivity index (χ1n) is 7.77. The zero-order valence-corrected chi connectivity index (χ0v) is 14.1. The van der Waals surface area contributed by atoms with E-state index in [1.807, 2.05) is 0 Å². The largest absolute Gasteiger partial charge is 0.465 e. The van der Waals surface area contributed by atoms with E-state index in [2.05, 4.69) is 9.97 Å². The van der Waals surface area contributed by atoms with Gasteiger partial charge in [-0.15, -0.1) is 0 Å². The van der Waals surface area contributed by atoms with E-state index in [0.717, 1.165) is 0 Å². The maximum absolute atomic E-state index is 12.5. The fourth-order valence-electron chi connectivity index (χ4n) is 2.05. The average molecular weight is 358 g/mol. The van der Waals surface area contributed by atoms with Crippen molar-refractivity contribution in [1.29, 1.82) is 0 Å². The van der Waals surface area contributed by atoms with E-state index in [-0.39, 0.29) is 24.7 Å². The molecule has 0 atom stereocenters. The first-order valence-corrected chi connectivity index (χ1v) is 7.77. The molecule has 0 spiro atoms. The minimum Gasteiger partial charge on any atom is -0.465 e. The highest BCUT2D eigenvalue weighted by atomic mass is 16.5. The smallest absolute Gasteiger partial charge is 0.361 e. The molecule has 0 aliphatic rings. The fraction of sp³-hybridized carbons (Fsp3) is 0.235. The summed E-state index contributed by atoms with van der Waals surface area (Å²) in [6.07, 6.45) is 2.61. The zero-order valence-electron chi connectivity index (χ0n) is 14.1. The van der Waals surface area contributed by atoms with E-state index < -0.39 is 24.5 Å². The molecule has 1 aromatic heterocycles. The summed E-state index contributed by atoms with van der Waals surface area (Å²) in [5.74, 6) is -2.15. The quantitative estimate of drug-likeness (QED) is 0.721. The van der Waals surface area contributed by atoms with Crippen LogP contribution in [-0.2, 0) is 19.1 Å². The van der Waals surface area contributed by atoms with Gasteiger partial charge in [0.1, 0.15) is 6.54 Å². The molecule has 1 heterocycles. The van der Waals surface area contributed by atoms with Gasteiger partial charge >= 0.3 is 11.9 Å². The van der Waals surface area contributed by atoms with Crippen LogP contribution in [0.4, 0.5) is 11.5 Å². The second kappa shape index (κ2) is 9.11. The molecule has 0 aliphatic carbocycles. The lowest BCUT2D eigenvalue weighted by Crippen LogP contribution is -2.39. The van der Waals surface area contributed by atoms with Gasteiger partial charge in [-0.3, -0.25) is 14.5 Å². The molecular weight excluding hydrogens is 340 g/mol. The number of esters is 2. The van der Waals surface area contributed by atoms with Gasteiger partial charge in [0.15, 0.2) is 18.1 Å². The number of para-hydroxylation sites is 1. The van der Waals surface area contributed by atoms with Crippen molar-refractivity contribution in [2.75, 3.05) is 30.4 Å². The Labute approximate surface area is 149 Å². The van der Waals surface area contributed by atoms with Crippen LogP contribution < -0.4 is 10.6 Å². The number of benzene rings is 1.